The van der Waals surface area contributed by atoms with Crippen LogP contribution in [0.2, 0.25) is 12.6 Å². The minimum Gasteiger partial charge on any atom is -0.344 e. The molecular formula is C14H28BNO. The molecule has 0 aromatic rings. The molecule has 1 unspecified atom stereocenters. The number of hydrogen-bond acceptors (Lipinski definition) is 1. The van der Waals surface area contributed by atoms with Crippen molar-refractivity contribution in [2.24, 2.45) is 5.41 Å². The van der Waals surface area contributed by atoms with Gasteiger partial charge in [0.25, 0.3) is 0 Å². The lowest BCUT2D eigenvalue weighted by Gasteiger charge is -2.36. The van der Waals surface area contributed by atoms with E-state index in [1.807, 2.05) is 0 Å². The quantitative estimate of drug-likeness (QED) is 0.650. The number of unbranched alkanes of at least 4 members (excludes halogenated alkanes) is 1. The lowest BCUT2D eigenvalue weighted by Crippen LogP contribution is -2.45. The summed E-state index contributed by atoms with van der Waals surface area (Å²) in [5.41, 5.74) is -0.0951. The van der Waals surface area contributed by atoms with Crippen LogP contribution in [0.15, 0.2) is 0 Å². The summed E-state index contributed by atoms with van der Waals surface area (Å²) in [6.45, 7) is 8.56. The van der Waals surface area contributed by atoms with Crippen molar-refractivity contribution in [1.29, 1.82) is 0 Å². The van der Waals surface area contributed by atoms with Gasteiger partial charge in [-0.1, -0.05) is 52.7 Å². The van der Waals surface area contributed by atoms with Crippen LogP contribution in [-0.4, -0.2) is 31.2 Å². The van der Waals surface area contributed by atoms with E-state index in [9.17, 15) is 4.79 Å². The lowest BCUT2D eigenvalue weighted by molar-refractivity contribution is -0.142. The second-order valence-electron chi connectivity index (χ2n) is 5.77. The van der Waals surface area contributed by atoms with E-state index in [0.29, 0.717) is 5.91 Å². The van der Waals surface area contributed by atoms with Crippen molar-refractivity contribution in [3.8, 4) is 0 Å². The van der Waals surface area contributed by atoms with Gasteiger partial charge in [-0.3, -0.25) is 4.79 Å². The van der Waals surface area contributed by atoms with E-state index in [0.717, 1.165) is 32.4 Å². The van der Waals surface area contributed by atoms with Gasteiger partial charge in [0.2, 0.25) is 5.91 Å². The minimum absolute atomic E-state index is 0.0951. The average Bonchev–Trinajstić information content (AvgIpc) is 2.37. The second-order valence-corrected chi connectivity index (χ2v) is 5.77. The molecule has 0 aliphatic carbocycles. The summed E-state index contributed by atoms with van der Waals surface area (Å²) >= 11 is 0. The summed E-state index contributed by atoms with van der Waals surface area (Å²) in [6.07, 6.45) is 7.97. The van der Waals surface area contributed by atoms with E-state index < -0.39 is 0 Å². The first-order chi connectivity index (χ1) is 8.14. The molecule has 1 fully saturated rings. The number of nitrogens with zero attached hydrogens (tertiary/aromatic N) is 1. The Labute approximate surface area is 107 Å². The van der Waals surface area contributed by atoms with Crippen LogP contribution in [0.1, 0.15) is 52.9 Å². The third-order valence-corrected chi connectivity index (χ3v) is 4.04. The first-order valence-electron chi connectivity index (χ1n) is 7.43. The molecule has 3 heteroatoms. The zero-order chi connectivity index (χ0) is 12.7. The zero-order valence-corrected chi connectivity index (χ0v) is 11.9. The Morgan fingerprint density at radius 2 is 1.82 bits per heavy atom. The minimum atomic E-state index is -0.0951. The normalized spacial score (nSPS) is 19.6. The van der Waals surface area contributed by atoms with Gasteiger partial charge in [-0.2, -0.15) is 0 Å². The molecule has 1 aliphatic rings. The van der Waals surface area contributed by atoms with Gasteiger partial charge >= 0.3 is 0 Å². The van der Waals surface area contributed by atoms with Crippen molar-refractivity contribution in [2.75, 3.05) is 13.1 Å². The highest BCUT2D eigenvalue weighted by Crippen LogP contribution is 2.32. The van der Waals surface area contributed by atoms with Crippen LogP contribution in [0.5, 0.6) is 0 Å². The Morgan fingerprint density at radius 3 is 2.35 bits per heavy atom. The van der Waals surface area contributed by atoms with Crippen molar-refractivity contribution in [1.82, 2.24) is 4.90 Å². The molecule has 1 rings (SSSR count). The fourth-order valence-electron chi connectivity index (χ4n) is 2.94. The third kappa shape index (κ3) is 4.04. The highest BCUT2D eigenvalue weighted by molar-refractivity contribution is 6.36. The molecule has 1 atom stereocenters. The van der Waals surface area contributed by atoms with Gasteiger partial charge in [0.05, 0.1) is 0 Å². The summed E-state index contributed by atoms with van der Waals surface area (Å²) in [5.74, 6) is 0.424. The SMILES string of the molecule is CCCCC(C)(CCC)C(=O)N1CCBCC1. The van der Waals surface area contributed by atoms with E-state index in [2.05, 4.69) is 25.7 Å². The Balaban J connectivity index is 2.63. The van der Waals surface area contributed by atoms with E-state index in [4.69, 9.17) is 0 Å². The van der Waals surface area contributed by atoms with Crippen molar-refractivity contribution in [3.05, 3.63) is 0 Å². The summed E-state index contributed by atoms with van der Waals surface area (Å²) in [7, 11) is 1.29. The van der Waals surface area contributed by atoms with E-state index in [1.165, 1.54) is 32.8 Å². The summed E-state index contributed by atoms with van der Waals surface area (Å²) < 4.78 is 0. The highest BCUT2D eigenvalue weighted by atomic mass is 16.2. The van der Waals surface area contributed by atoms with Crippen molar-refractivity contribution >= 4 is 13.2 Å². The van der Waals surface area contributed by atoms with Crippen LogP contribution >= 0.6 is 0 Å². The van der Waals surface area contributed by atoms with Gasteiger partial charge in [-0.05, 0) is 12.8 Å². The molecule has 98 valence electrons. The standard InChI is InChI=1S/C14H28BNO/c1-4-6-8-14(3,7-5-2)13(17)16-11-9-15-10-12-16/h15H,4-12H2,1-3H3. The van der Waals surface area contributed by atoms with E-state index in [-0.39, 0.29) is 5.41 Å². The monoisotopic (exact) mass is 237 g/mol. The highest BCUT2D eigenvalue weighted by Gasteiger charge is 2.35. The van der Waals surface area contributed by atoms with Crippen LogP contribution in [0, 0.1) is 5.41 Å². The molecule has 1 amide bonds. The molecule has 0 saturated carbocycles. The smallest absolute Gasteiger partial charge is 0.228 e. The molecule has 0 radical (unpaired) electrons. The number of carbonyl (C=O) groups is 1. The summed E-state index contributed by atoms with van der Waals surface area (Å²) in [6, 6.07) is 0. The number of rotatable bonds is 6. The Morgan fingerprint density at radius 1 is 1.18 bits per heavy atom. The van der Waals surface area contributed by atoms with Gasteiger partial charge in [0.1, 0.15) is 7.28 Å². The second kappa shape index (κ2) is 7.08. The van der Waals surface area contributed by atoms with Gasteiger partial charge in [0, 0.05) is 18.5 Å². The van der Waals surface area contributed by atoms with E-state index in [1.54, 1.807) is 0 Å². The molecule has 17 heavy (non-hydrogen) atoms. The topological polar surface area (TPSA) is 20.3 Å². The van der Waals surface area contributed by atoms with Crippen molar-refractivity contribution < 1.29 is 4.79 Å². The first kappa shape index (κ1) is 14.6. The predicted molar refractivity (Wildman–Crippen MR) is 75.9 cm³/mol. The van der Waals surface area contributed by atoms with Crippen LogP contribution in [0.4, 0.5) is 0 Å². The molecule has 1 heterocycles. The molecule has 0 aromatic heterocycles. The average molecular weight is 237 g/mol. The number of amides is 1. The maximum atomic E-state index is 12.6. The largest absolute Gasteiger partial charge is 0.344 e. The zero-order valence-electron chi connectivity index (χ0n) is 11.9. The van der Waals surface area contributed by atoms with Gasteiger partial charge in [-0.15, -0.1) is 0 Å². The fourth-order valence-corrected chi connectivity index (χ4v) is 2.94. The van der Waals surface area contributed by atoms with Crippen LogP contribution in [-0.2, 0) is 4.79 Å². The number of carbonyl (C=O) groups excluding carboxylic acids is 1. The van der Waals surface area contributed by atoms with Gasteiger partial charge in [-0.25, -0.2) is 0 Å². The number of hydrogen-bond donors (Lipinski definition) is 0. The van der Waals surface area contributed by atoms with Crippen LogP contribution < -0.4 is 0 Å². The van der Waals surface area contributed by atoms with Crippen LogP contribution in [0.3, 0.4) is 0 Å². The molecule has 0 N–H and O–H groups in total. The van der Waals surface area contributed by atoms with Crippen molar-refractivity contribution in [3.63, 3.8) is 0 Å². The lowest BCUT2D eigenvalue weighted by atomic mass is 9.68. The Bertz CT molecular complexity index is 238. The van der Waals surface area contributed by atoms with Crippen LogP contribution in [0.25, 0.3) is 0 Å². The maximum Gasteiger partial charge on any atom is 0.228 e. The summed E-state index contributed by atoms with van der Waals surface area (Å²) in [5, 5.41) is 0. The van der Waals surface area contributed by atoms with Gasteiger partial charge < -0.3 is 4.90 Å². The third-order valence-electron chi connectivity index (χ3n) is 4.04. The Hall–Kier alpha value is -0.465. The van der Waals surface area contributed by atoms with E-state index >= 15 is 0 Å². The maximum absolute atomic E-state index is 12.6. The summed E-state index contributed by atoms with van der Waals surface area (Å²) in [4.78, 5) is 14.8. The first-order valence-corrected chi connectivity index (χ1v) is 7.43. The molecule has 0 aromatic carbocycles. The van der Waals surface area contributed by atoms with Gasteiger partial charge in [0.15, 0.2) is 0 Å². The Kier molecular flexibility index (Phi) is 6.08. The molecule has 1 saturated heterocycles. The molecule has 0 spiro atoms. The molecule has 2 nitrogen and oxygen atoms in total. The molecular weight excluding hydrogens is 209 g/mol. The molecule has 0 bridgehead atoms. The fraction of sp³-hybridized carbons (Fsp3) is 0.929. The van der Waals surface area contributed by atoms with Crippen molar-refractivity contribution in [2.45, 2.75) is 65.5 Å². The molecule has 1 aliphatic heterocycles. The predicted octanol–water partition coefficient (Wildman–Crippen LogP) is 3.10.